The van der Waals surface area contributed by atoms with Gasteiger partial charge in [-0.1, -0.05) is 18.7 Å². The lowest BCUT2D eigenvalue weighted by Gasteiger charge is -2.08. The van der Waals surface area contributed by atoms with E-state index < -0.39 is 17.9 Å². The summed E-state index contributed by atoms with van der Waals surface area (Å²) in [7, 11) is 1.22. The number of hydrogen-bond acceptors (Lipinski definition) is 6. The van der Waals surface area contributed by atoms with Crippen LogP contribution >= 0.6 is 0 Å². The van der Waals surface area contributed by atoms with Crippen LogP contribution in [0.25, 0.3) is 0 Å². The highest BCUT2D eigenvalue weighted by molar-refractivity contribution is 6.03. The fraction of sp³-hybridized carbons (Fsp3) is 0.214. The Labute approximate surface area is 115 Å². The summed E-state index contributed by atoms with van der Waals surface area (Å²) in [5, 5.41) is 0. The predicted molar refractivity (Wildman–Crippen MR) is 69.2 cm³/mol. The molecule has 6 heteroatoms. The van der Waals surface area contributed by atoms with Gasteiger partial charge in [-0.2, -0.15) is 0 Å². The summed E-state index contributed by atoms with van der Waals surface area (Å²) < 4.78 is 14.1. The Morgan fingerprint density at radius 1 is 1.05 bits per heavy atom. The van der Waals surface area contributed by atoms with Crippen LogP contribution in [0.5, 0.6) is 0 Å². The molecule has 0 aliphatic carbocycles. The lowest BCUT2D eigenvalue weighted by molar-refractivity contribution is -0.138. The molecule has 0 fully saturated rings. The first kappa shape index (κ1) is 15.4. The average Bonchev–Trinajstić information content (AvgIpc) is 2.50. The van der Waals surface area contributed by atoms with E-state index in [1.807, 2.05) is 0 Å². The van der Waals surface area contributed by atoms with Gasteiger partial charge in [0.15, 0.2) is 0 Å². The summed E-state index contributed by atoms with van der Waals surface area (Å²) in [4.78, 5) is 34.1. The van der Waals surface area contributed by atoms with Gasteiger partial charge >= 0.3 is 17.9 Å². The second kappa shape index (κ2) is 7.73. The van der Waals surface area contributed by atoms with Gasteiger partial charge in [-0.25, -0.2) is 14.4 Å². The van der Waals surface area contributed by atoms with E-state index in [2.05, 4.69) is 16.1 Å². The van der Waals surface area contributed by atoms with Crippen LogP contribution in [0.3, 0.4) is 0 Å². The van der Waals surface area contributed by atoms with Gasteiger partial charge in [0.25, 0.3) is 0 Å². The molecule has 0 aliphatic heterocycles. The minimum atomic E-state index is -0.694. The Morgan fingerprint density at radius 3 is 2.15 bits per heavy atom. The second-order valence-corrected chi connectivity index (χ2v) is 3.54. The minimum absolute atomic E-state index is 0.0863. The van der Waals surface area contributed by atoms with E-state index in [0.29, 0.717) is 0 Å². The van der Waals surface area contributed by atoms with Gasteiger partial charge < -0.3 is 14.2 Å². The maximum Gasteiger partial charge on any atom is 0.339 e. The first-order valence-electron chi connectivity index (χ1n) is 5.73. The highest BCUT2D eigenvalue weighted by Gasteiger charge is 2.18. The van der Waals surface area contributed by atoms with Crippen molar-refractivity contribution in [3.63, 3.8) is 0 Å². The lowest BCUT2D eigenvalue weighted by Crippen LogP contribution is -2.16. The molecule has 0 unspecified atom stereocenters. The van der Waals surface area contributed by atoms with Crippen molar-refractivity contribution in [3.8, 4) is 0 Å². The molecular formula is C14H14O6. The standard InChI is InChI=1S/C14H14O6/c1-3-12(15)19-8-9-20-14(17)11-7-5-4-6-10(11)13(16)18-2/h3-7H,1,8-9H2,2H3. The molecule has 1 rings (SSSR count). The smallest absolute Gasteiger partial charge is 0.339 e. The van der Waals surface area contributed by atoms with Crippen molar-refractivity contribution < 1.29 is 28.6 Å². The number of esters is 3. The Morgan fingerprint density at radius 2 is 1.60 bits per heavy atom. The number of carbonyl (C=O) groups is 3. The van der Waals surface area contributed by atoms with E-state index in [4.69, 9.17) is 4.74 Å². The SMILES string of the molecule is C=CC(=O)OCCOC(=O)c1ccccc1C(=O)OC. The molecule has 0 saturated carbocycles. The molecular weight excluding hydrogens is 264 g/mol. The van der Waals surface area contributed by atoms with Gasteiger partial charge in [-0.3, -0.25) is 0 Å². The maximum absolute atomic E-state index is 11.8. The summed E-state index contributed by atoms with van der Waals surface area (Å²) in [6.07, 6.45) is 1.01. The maximum atomic E-state index is 11.8. The van der Waals surface area contributed by atoms with Gasteiger partial charge in [0, 0.05) is 6.08 Å². The average molecular weight is 278 g/mol. The number of methoxy groups -OCH3 is 1. The van der Waals surface area contributed by atoms with Crippen molar-refractivity contribution in [3.05, 3.63) is 48.0 Å². The molecule has 0 radical (unpaired) electrons. The predicted octanol–water partition coefficient (Wildman–Crippen LogP) is 1.36. The van der Waals surface area contributed by atoms with E-state index in [1.165, 1.54) is 19.2 Å². The van der Waals surface area contributed by atoms with Crippen molar-refractivity contribution in [1.82, 2.24) is 0 Å². The molecule has 0 N–H and O–H groups in total. The largest absolute Gasteiger partial charge is 0.465 e. The first-order valence-corrected chi connectivity index (χ1v) is 5.73. The number of hydrogen-bond donors (Lipinski definition) is 0. The van der Waals surface area contributed by atoms with E-state index in [0.717, 1.165) is 6.08 Å². The van der Waals surface area contributed by atoms with Gasteiger partial charge in [-0.05, 0) is 12.1 Å². The summed E-state index contributed by atoms with van der Waals surface area (Å²) >= 11 is 0. The van der Waals surface area contributed by atoms with E-state index in [1.54, 1.807) is 12.1 Å². The minimum Gasteiger partial charge on any atom is -0.465 e. The van der Waals surface area contributed by atoms with Crippen LogP contribution in [0.15, 0.2) is 36.9 Å². The van der Waals surface area contributed by atoms with Gasteiger partial charge in [0.1, 0.15) is 13.2 Å². The first-order chi connectivity index (χ1) is 9.60. The molecule has 0 aromatic heterocycles. The number of carbonyl (C=O) groups excluding carboxylic acids is 3. The van der Waals surface area contributed by atoms with Crippen LogP contribution in [-0.4, -0.2) is 38.2 Å². The normalized spacial score (nSPS) is 9.45. The third kappa shape index (κ3) is 4.24. The van der Waals surface area contributed by atoms with Gasteiger partial charge in [0.05, 0.1) is 18.2 Å². The summed E-state index contributed by atoms with van der Waals surface area (Å²) in [5.74, 6) is -1.92. The number of ether oxygens (including phenoxy) is 3. The zero-order valence-corrected chi connectivity index (χ0v) is 11.0. The van der Waals surface area contributed by atoms with Crippen molar-refractivity contribution in [2.75, 3.05) is 20.3 Å². The van der Waals surface area contributed by atoms with Crippen LogP contribution in [0, 0.1) is 0 Å². The Hall–Kier alpha value is -2.63. The number of benzene rings is 1. The molecule has 6 nitrogen and oxygen atoms in total. The molecule has 0 saturated heterocycles. The second-order valence-electron chi connectivity index (χ2n) is 3.54. The molecule has 0 atom stereocenters. The van der Waals surface area contributed by atoms with Crippen LogP contribution in [0.2, 0.25) is 0 Å². The van der Waals surface area contributed by atoms with E-state index in [-0.39, 0.29) is 24.3 Å². The number of rotatable bonds is 6. The molecule has 20 heavy (non-hydrogen) atoms. The Kier molecular flexibility index (Phi) is 5.96. The van der Waals surface area contributed by atoms with Gasteiger partial charge in [-0.15, -0.1) is 0 Å². The van der Waals surface area contributed by atoms with Crippen LogP contribution in [0.4, 0.5) is 0 Å². The fourth-order valence-electron chi connectivity index (χ4n) is 1.36. The summed E-state index contributed by atoms with van der Waals surface area (Å²) in [6.45, 7) is 3.03. The summed E-state index contributed by atoms with van der Waals surface area (Å²) in [5.41, 5.74) is 0.206. The molecule has 0 bridgehead atoms. The van der Waals surface area contributed by atoms with Crippen molar-refractivity contribution in [1.29, 1.82) is 0 Å². The van der Waals surface area contributed by atoms with Crippen LogP contribution in [0.1, 0.15) is 20.7 Å². The Bertz CT molecular complexity index is 520. The monoisotopic (exact) mass is 278 g/mol. The van der Waals surface area contributed by atoms with Crippen molar-refractivity contribution >= 4 is 17.9 Å². The molecule has 1 aromatic rings. The third-order valence-corrected chi connectivity index (χ3v) is 2.28. The highest BCUT2D eigenvalue weighted by atomic mass is 16.6. The Balaban J connectivity index is 2.62. The molecule has 0 heterocycles. The van der Waals surface area contributed by atoms with Gasteiger partial charge in [0.2, 0.25) is 0 Å². The van der Waals surface area contributed by atoms with E-state index >= 15 is 0 Å². The zero-order chi connectivity index (χ0) is 15.0. The van der Waals surface area contributed by atoms with Crippen LogP contribution < -0.4 is 0 Å². The van der Waals surface area contributed by atoms with Crippen molar-refractivity contribution in [2.24, 2.45) is 0 Å². The molecule has 106 valence electrons. The van der Waals surface area contributed by atoms with E-state index in [9.17, 15) is 14.4 Å². The highest BCUT2D eigenvalue weighted by Crippen LogP contribution is 2.11. The van der Waals surface area contributed by atoms with Crippen molar-refractivity contribution in [2.45, 2.75) is 0 Å². The molecule has 0 amide bonds. The molecule has 0 spiro atoms. The quantitative estimate of drug-likeness (QED) is 0.338. The lowest BCUT2D eigenvalue weighted by atomic mass is 10.1. The fourth-order valence-corrected chi connectivity index (χ4v) is 1.36. The molecule has 0 aliphatic rings. The van der Waals surface area contributed by atoms with Crippen LogP contribution in [-0.2, 0) is 19.0 Å². The zero-order valence-electron chi connectivity index (χ0n) is 11.0. The summed E-state index contributed by atoms with van der Waals surface area (Å²) in [6, 6.07) is 6.11. The molecule has 1 aromatic carbocycles. The topological polar surface area (TPSA) is 78.9 Å². The third-order valence-electron chi connectivity index (χ3n) is 2.28.